The Labute approximate surface area is 126 Å². The molecule has 4 heteroatoms. The molecule has 2 heterocycles. The number of hydrogen-bond acceptors (Lipinski definition) is 2. The molecule has 0 fully saturated rings. The molecule has 0 spiro atoms. The molecule has 0 N–H and O–H groups in total. The maximum Gasteiger partial charge on any atom is 0.330 e. The first-order valence-electron chi connectivity index (χ1n) is 7.56. The van der Waals surface area contributed by atoms with Crippen LogP contribution in [0.1, 0.15) is 46.2 Å². The summed E-state index contributed by atoms with van der Waals surface area (Å²) in [4.78, 5) is 17.0. The highest BCUT2D eigenvalue weighted by Crippen LogP contribution is 2.19. The summed E-state index contributed by atoms with van der Waals surface area (Å²) in [7, 11) is 1.79. The molecule has 0 atom stereocenters. The second-order valence-corrected chi connectivity index (χ2v) is 6.76. The van der Waals surface area contributed by atoms with E-state index in [1.54, 1.807) is 11.6 Å². The fourth-order valence-corrected chi connectivity index (χ4v) is 2.38. The Balaban J connectivity index is 2.50. The number of unbranched alkanes of at least 4 members (excludes halogenated alkanes) is 1. The molecule has 0 saturated carbocycles. The van der Waals surface area contributed by atoms with Gasteiger partial charge in [-0.2, -0.15) is 0 Å². The van der Waals surface area contributed by atoms with Gasteiger partial charge in [-0.15, -0.1) is 0 Å². The largest absolute Gasteiger partial charge is 0.330 e. The summed E-state index contributed by atoms with van der Waals surface area (Å²) in [5.74, 6) is 0. The number of imidazole rings is 1. The fourth-order valence-electron chi connectivity index (χ4n) is 2.38. The van der Waals surface area contributed by atoms with Gasteiger partial charge in [0.25, 0.3) is 0 Å². The van der Waals surface area contributed by atoms with Gasteiger partial charge in [0, 0.05) is 13.6 Å². The molecule has 114 valence electrons. The van der Waals surface area contributed by atoms with Crippen molar-refractivity contribution in [2.75, 3.05) is 0 Å². The highest BCUT2D eigenvalue weighted by molar-refractivity contribution is 5.73. The highest BCUT2D eigenvalue weighted by Gasteiger charge is 2.18. The van der Waals surface area contributed by atoms with Gasteiger partial charge < -0.3 is 0 Å². The van der Waals surface area contributed by atoms with E-state index < -0.39 is 0 Å². The third kappa shape index (κ3) is 3.43. The maximum atomic E-state index is 12.4. The van der Waals surface area contributed by atoms with E-state index >= 15 is 0 Å². The SMILES string of the molecule is CCC/C=C/c1ccc2c(n1)n(C)c(=O)n2CC(C)(C)C. The van der Waals surface area contributed by atoms with Gasteiger partial charge in [-0.3, -0.25) is 9.13 Å². The van der Waals surface area contributed by atoms with Crippen LogP contribution in [0.15, 0.2) is 23.0 Å². The van der Waals surface area contributed by atoms with Crippen molar-refractivity contribution in [1.82, 2.24) is 14.1 Å². The molecular formula is C17H25N3O. The number of aryl methyl sites for hydroxylation is 1. The predicted molar refractivity (Wildman–Crippen MR) is 88.4 cm³/mol. The summed E-state index contributed by atoms with van der Waals surface area (Å²) < 4.78 is 3.46. The summed E-state index contributed by atoms with van der Waals surface area (Å²) in [5, 5.41) is 0. The molecule has 0 saturated heterocycles. The van der Waals surface area contributed by atoms with Gasteiger partial charge in [-0.1, -0.05) is 40.2 Å². The van der Waals surface area contributed by atoms with Crippen LogP contribution in [-0.4, -0.2) is 14.1 Å². The number of allylic oxidation sites excluding steroid dienone is 1. The Kier molecular flexibility index (Phi) is 4.35. The molecule has 0 bridgehead atoms. The van der Waals surface area contributed by atoms with Crippen molar-refractivity contribution in [2.45, 2.75) is 47.1 Å². The number of nitrogens with zero attached hydrogens (tertiary/aromatic N) is 3. The number of aromatic nitrogens is 3. The monoisotopic (exact) mass is 287 g/mol. The Morgan fingerprint density at radius 3 is 2.62 bits per heavy atom. The molecule has 2 aromatic rings. The fraction of sp³-hybridized carbons (Fsp3) is 0.529. The van der Waals surface area contributed by atoms with Crippen LogP contribution in [0, 0.1) is 5.41 Å². The van der Waals surface area contributed by atoms with Gasteiger partial charge in [0.05, 0.1) is 11.2 Å². The third-order valence-corrected chi connectivity index (χ3v) is 3.38. The average Bonchev–Trinajstić information content (AvgIpc) is 2.63. The van der Waals surface area contributed by atoms with Gasteiger partial charge in [-0.05, 0) is 30.0 Å². The Morgan fingerprint density at radius 1 is 1.29 bits per heavy atom. The van der Waals surface area contributed by atoms with E-state index in [0.717, 1.165) is 29.7 Å². The van der Waals surface area contributed by atoms with E-state index in [1.807, 2.05) is 22.8 Å². The van der Waals surface area contributed by atoms with Crippen molar-refractivity contribution in [1.29, 1.82) is 0 Å². The van der Waals surface area contributed by atoms with E-state index in [9.17, 15) is 4.79 Å². The predicted octanol–water partition coefficient (Wildman–Crippen LogP) is 3.59. The van der Waals surface area contributed by atoms with Crippen molar-refractivity contribution in [3.05, 3.63) is 34.4 Å². The zero-order valence-corrected chi connectivity index (χ0v) is 13.7. The molecule has 2 aromatic heterocycles. The first kappa shape index (κ1) is 15.5. The van der Waals surface area contributed by atoms with Crippen LogP contribution in [0.25, 0.3) is 17.2 Å². The van der Waals surface area contributed by atoms with Crippen LogP contribution in [0.2, 0.25) is 0 Å². The summed E-state index contributed by atoms with van der Waals surface area (Å²) >= 11 is 0. The molecular weight excluding hydrogens is 262 g/mol. The van der Waals surface area contributed by atoms with E-state index in [1.165, 1.54) is 0 Å². The first-order valence-corrected chi connectivity index (χ1v) is 7.56. The molecule has 2 rings (SSSR count). The summed E-state index contributed by atoms with van der Waals surface area (Å²) in [6, 6.07) is 3.98. The molecule has 0 unspecified atom stereocenters. The second kappa shape index (κ2) is 5.88. The van der Waals surface area contributed by atoms with Crippen molar-refractivity contribution in [2.24, 2.45) is 12.5 Å². The number of rotatable bonds is 4. The lowest BCUT2D eigenvalue weighted by atomic mass is 9.97. The summed E-state index contributed by atoms with van der Waals surface area (Å²) in [6.07, 6.45) is 6.32. The minimum atomic E-state index is 0.00196. The molecule has 0 aliphatic rings. The van der Waals surface area contributed by atoms with Crippen LogP contribution in [0.4, 0.5) is 0 Å². The van der Waals surface area contributed by atoms with E-state index in [2.05, 4.69) is 38.8 Å². The molecule has 0 aliphatic heterocycles. The van der Waals surface area contributed by atoms with Crippen molar-refractivity contribution in [3.8, 4) is 0 Å². The lowest BCUT2D eigenvalue weighted by Crippen LogP contribution is -2.27. The Bertz CT molecular complexity index is 714. The van der Waals surface area contributed by atoms with E-state index in [-0.39, 0.29) is 11.1 Å². The van der Waals surface area contributed by atoms with Gasteiger partial charge in [0.1, 0.15) is 0 Å². The summed E-state index contributed by atoms with van der Waals surface area (Å²) in [5.41, 5.74) is 2.62. The normalized spacial score (nSPS) is 12.6. The molecule has 21 heavy (non-hydrogen) atoms. The quantitative estimate of drug-likeness (QED) is 0.862. The van der Waals surface area contributed by atoms with Crippen LogP contribution >= 0.6 is 0 Å². The number of fused-ring (bicyclic) bond motifs is 1. The zero-order chi connectivity index (χ0) is 15.6. The van der Waals surface area contributed by atoms with E-state index in [0.29, 0.717) is 6.54 Å². The van der Waals surface area contributed by atoms with Gasteiger partial charge >= 0.3 is 5.69 Å². The molecule has 0 aromatic carbocycles. The third-order valence-electron chi connectivity index (χ3n) is 3.38. The Morgan fingerprint density at radius 2 is 2.00 bits per heavy atom. The van der Waals surface area contributed by atoms with Crippen molar-refractivity contribution < 1.29 is 0 Å². The van der Waals surface area contributed by atoms with Gasteiger partial charge in [0.15, 0.2) is 5.65 Å². The van der Waals surface area contributed by atoms with Crippen LogP contribution in [-0.2, 0) is 13.6 Å². The lowest BCUT2D eigenvalue weighted by Gasteiger charge is -2.18. The number of hydrogen-bond donors (Lipinski definition) is 0. The maximum absolute atomic E-state index is 12.4. The van der Waals surface area contributed by atoms with Crippen molar-refractivity contribution in [3.63, 3.8) is 0 Å². The minimum absolute atomic E-state index is 0.00196. The average molecular weight is 287 g/mol. The Hall–Kier alpha value is -1.84. The summed E-state index contributed by atoms with van der Waals surface area (Å²) in [6.45, 7) is 9.24. The van der Waals surface area contributed by atoms with Crippen molar-refractivity contribution >= 4 is 17.2 Å². The minimum Gasteiger partial charge on any atom is -0.290 e. The van der Waals surface area contributed by atoms with Crippen LogP contribution in [0.3, 0.4) is 0 Å². The first-order chi connectivity index (χ1) is 9.83. The molecule has 4 nitrogen and oxygen atoms in total. The van der Waals surface area contributed by atoms with Gasteiger partial charge in [0.2, 0.25) is 0 Å². The lowest BCUT2D eigenvalue weighted by molar-refractivity contribution is 0.342. The highest BCUT2D eigenvalue weighted by atomic mass is 16.1. The van der Waals surface area contributed by atoms with Gasteiger partial charge in [-0.25, -0.2) is 9.78 Å². The van der Waals surface area contributed by atoms with Crippen LogP contribution in [0.5, 0.6) is 0 Å². The van der Waals surface area contributed by atoms with E-state index in [4.69, 9.17) is 0 Å². The van der Waals surface area contributed by atoms with Crippen LogP contribution < -0.4 is 5.69 Å². The molecule has 0 aliphatic carbocycles. The molecule has 0 amide bonds. The molecule has 0 radical (unpaired) electrons. The number of pyridine rings is 1. The second-order valence-electron chi connectivity index (χ2n) is 6.76. The smallest absolute Gasteiger partial charge is 0.290 e. The zero-order valence-electron chi connectivity index (χ0n) is 13.7. The topological polar surface area (TPSA) is 39.8 Å². The standard InChI is InChI=1S/C17H25N3O/c1-6-7-8-9-13-10-11-14-15(18-13)19(5)16(21)20(14)12-17(2,3)4/h8-11H,6-7,12H2,1-5H3/b9-8+.